The summed E-state index contributed by atoms with van der Waals surface area (Å²) in [5, 5.41) is 3.06. The molecular formula is C22H25F2NO2. The van der Waals surface area contributed by atoms with E-state index in [0.29, 0.717) is 19.4 Å². The van der Waals surface area contributed by atoms with E-state index in [4.69, 9.17) is 4.74 Å². The zero-order valence-corrected chi connectivity index (χ0v) is 15.5. The van der Waals surface area contributed by atoms with Crippen LogP contribution in [0.4, 0.5) is 8.78 Å². The quantitative estimate of drug-likeness (QED) is 0.806. The van der Waals surface area contributed by atoms with Gasteiger partial charge in [0.2, 0.25) is 5.91 Å². The molecule has 3 rings (SSSR count). The van der Waals surface area contributed by atoms with Crippen LogP contribution in [0.3, 0.4) is 0 Å². The number of carbonyl (C=O) groups excluding carboxylic acids is 1. The van der Waals surface area contributed by atoms with Gasteiger partial charge in [-0.15, -0.1) is 0 Å². The maximum absolute atomic E-state index is 13.3. The predicted molar refractivity (Wildman–Crippen MR) is 100 cm³/mol. The molecule has 0 aromatic heterocycles. The van der Waals surface area contributed by atoms with Gasteiger partial charge in [0.05, 0.1) is 12.0 Å². The average molecular weight is 373 g/mol. The van der Waals surface area contributed by atoms with Gasteiger partial charge >= 0.3 is 0 Å². The fourth-order valence-corrected chi connectivity index (χ4v) is 3.52. The van der Waals surface area contributed by atoms with Crippen molar-refractivity contribution < 1.29 is 18.3 Å². The highest BCUT2D eigenvalue weighted by Gasteiger charge is 2.33. The number of benzene rings is 2. The number of amides is 1. The van der Waals surface area contributed by atoms with E-state index in [1.54, 1.807) is 6.07 Å². The van der Waals surface area contributed by atoms with Crippen molar-refractivity contribution in [1.82, 2.24) is 5.32 Å². The minimum absolute atomic E-state index is 0.0126. The number of hydrogen-bond acceptors (Lipinski definition) is 2. The van der Waals surface area contributed by atoms with Crippen LogP contribution in [0, 0.1) is 17.6 Å². The van der Waals surface area contributed by atoms with Crippen LogP contribution < -0.4 is 5.32 Å². The molecule has 1 saturated heterocycles. The lowest BCUT2D eigenvalue weighted by Gasteiger charge is -2.32. The van der Waals surface area contributed by atoms with Gasteiger partial charge in [-0.1, -0.05) is 36.4 Å². The summed E-state index contributed by atoms with van der Waals surface area (Å²) in [5.41, 5.74) is 1.74. The molecule has 0 radical (unpaired) electrons. The van der Waals surface area contributed by atoms with Crippen LogP contribution >= 0.6 is 0 Å². The van der Waals surface area contributed by atoms with E-state index < -0.39 is 11.6 Å². The molecule has 0 aliphatic carbocycles. The summed E-state index contributed by atoms with van der Waals surface area (Å²) in [6.07, 6.45) is 2.66. The summed E-state index contributed by atoms with van der Waals surface area (Å²) >= 11 is 0. The number of ether oxygens (including phenoxy) is 1. The smallest absolute Gasteiger partial charge is 0.226 e. The van der Waals surface area contributed by atoms with Gasteiger partial charge in [0.1, 0.15) is 0 Å². The standard InChI is InChI=1S/C22H25F2NO2/c1-15(9-10-16-11-12-19(23)20(24)14-16)25-22(26)18-8-5-13-27-21(18)17-6-3-2-4-7-17/h2-4,6-7,11-12,14-15,18,21H,5,8-10,13H2,1H3,(H,25,26). The topological polar surface area (TPSA) is 38.3 Å². The van der Waals surface area contributed by atoms with Gasteiger partial charge in [0.15, 0.2) is 11.6 Å². The molecule has 1 N–H and O–H groups in total. The van der Waals surface area contributed by atoms with E-state index in [1.807, 2.05) is 37.3 Å². The molecule has 3 atom stereocenters. The Labute approximate surface area is 158 Å². The molecule has 3 nitrogen and oxygen atoms in total. The van der Waals surface area contributed by atoms with Crippen LogP contribution in [0.25, 0.3) is 0 Å². The number of nitrogens with one attached hydrogen (secondary N) is 1. The second kappa shape index (κ2) is 9.09. The molecule has 1 aliphatic heterocycles. The van der Waals surface area contributed by atoms with E-state index in [1.165, 1.54) is 6.07 Å². The van der Waals surface area contributed by atoms with Gasteiger partial charge in [0.25, 0.3) is 0 Å². The molecule has 144 valence electrons. The van der Waals surface area contributed by atoms with Crippen LogP contribution in [0.5, 0.6) is 0 Å². The second-order valence-corrected chi connectivity index (χ2v) is 7.15. The van der Waals surface area contributed by atoms with Crippen LogP contribution in [0.1, 0.15) is 43.4 Å². The lowest BCUT2D eigenvalue weighted by molar-refractivity contribution is -0.135. The van der Waals surface area contributed by atoms with Gasteiger partial charge in [-0.05, 0) is 55.9 Å². The lowest BCUT2D eigenvalue weighted by Crippen LogP contribution is -2.41. The van der Waals surface area contributed by atoms with E-state index in [0.717, 1.165) is 30.0 Å². The van der Waals surface area contributed by atoms with Gasteiger partial charge < -0.3 is 10.1 Å². The van der Waals surface area contributed by atoms with Crippen molar-refractivity contribution >= 4 is 5.91 Å². The first-order chi connectivity index (χ1) is 13.0. The Morgan fingerprint density at radius 1 is 1.19 bits per heavy atom. The predicted octanol–water partition coefficient (Wildman–Crippen LogP) is 4.57. The summed E-state index contributed by atoms with van der Waals surface area (Å²) in [5.74, 6) is -1.91. The van der Waals surface area contributed by atoms with Gasteiger partial charge in [-0.3, -0.25) is 4.79 Å². The van der Waals surface area contributed by atoms with Crippen molar-refractivity contribution in [2.75, 3.05) is 6.61 Å². The summed E-state index contributed by atoms with van der Waals surface area (Å²) in [6, 6.07) is 13.7. The van der Waals surface area contributed by atoms with E-state index in [2.05, 4.69) is 5.32 Å². The number of hydrogen-bond donors (Lipinski definition) is 1. The third-order valence-electron chi connectivity index (χ3n) is 5.03. The molecule has 5 heteroatoms. The Morgan fingerprint density at radius 3 is 2.70 bits per heavy atom. The first-order valence-electron chi connectivity index (χ1n) is 9.45. The molecule has 0 bridgehead atoms. The number of aryl methyl sites for hydroxylation is 1. The SMILES string of the molecule is CC(CCc1ccc(F)c(F)c1)NC(=O)C1CCCOC1c1ccccc1. The van der Waals surface area contributed by atoms with Crippen molar-refractivity contribution in [3.05, 3.63) is 71.3 Å². The summed E-state index contributed by atoms with van der Waals surface area (Å²) < 4.78 is 32.2. The van der Waals surface area contributed by atoms with E-state index in [9.17, 15) is 13.6 Å². The third-order valence-corrected chi connectivity index (χ3v) is 5.03. The van der Waals surface area contributed by atoms with Crippen molar-refractivity contribution in [2.45, 2.75) is 44.8 Å². The Morgan fingerprint density at radius 2 is 1.96 bits per heavy atom. The molecular weight excluding hydrogens is 348 g/mol. The highest BCUT2D eigenvalue weighted by molar-refractivity contribution is 5.79. The maximum Gasteiger partial charge on any atom is 0.226 e. The number of halogens is 2. The first kappa shape index (κ1) is 19.5. The zero-order valence-electron chi connectivity index (χ0n) is 15.5. The Bertz CT molecular complexity index is 766. The lowest BCUT2D eigenvalue weighted by atomic mass is 9.88. The Hall–Kier alpha value is -2.27. The molecule has 3 unspecified atom stereocenters. The molecule has 1 fully saturated rings. The zero-order chi connectivity index (χ0) is 19.2. The van der Waals surface area contributed by atoms with Crippen molar-refractivity contribution in [3.63, 3.8) is 0 Å². The highest BCUT2D eigenvalue weighted by Crippen LogP contribution is 2.33. The van der Waals surface area contributed by atoms with Crippen molar-refractivity contribution in [3.8, 4) is 0 Å². The number of rotatable bonds is 6. The Balaban J connectivity index is 1.57. The van der Waals surface area contributed by atoms with E-state index in [-0.39, 0.29) is 24.0 Å². The number of carbonyl (C=O) groups is 1. The van der Waals surface area contributed by atoms with Crippen LogP contribution in [-0.4, -0.2) is 18.6 Å². The van der Waals surface area contributed by atoms with Crippen LogP contribution in [0.15, 0.2) is 48.5 Å². The summed E-state index contributed by atoms with van der Waals surface area (Å²) in [6.45, 7) is 2.59. The normalized spacial score (nSPS) is 20.9. The fourth-order valence-electron chi connectivity index (χ4n) is 3.52. The second-order valence-electron chi connectivity index (χ2n) is 7.15. The summed E-state index contributed by atoms with van der Waals surface area (Å²) in [7, 11) is 0. The van der Waals surface area contributed by atoms with E-state index >= 15 is 0 Å². The minimum Gasteiger partial charge on any atom is -0.373 e. The molecule has 1 aliphatic rings. The molecule has 27 heavy (non-hydrogen) atoms. The third kappa shape index (κ3) is 5.13. The van der Waals surface area contributed by atoms with Crippen LogP contribution in [-0.2, 0) is 16.0 Å². The van der Waals surface area contributed by atoms with Gasteiger partial charge in [-0.2, -0.15) is 0 Å². The average Bonchev–Trinajstić information content (AvgIpc) is 2.69. The van der Waals surface area contributed by atoms with Gasteiger partial charge in [-0.25, -0.2) is 8.78 Å². The molecule has 1 heterocycles. The molecule has 2 aromatic rings. The maximum atomic E-state index is 13.3. The molecule has 2 aromatic carbocycles. The highest BCUT2D eigenvalue weighted by atomic mass is 19.2. The Kier molecular flexibility index (Phi) is 6.56. The minimum atomic E-state index is -0.843. The first-order valence-corrected chi connectivity index (χ1v) is 9.45. The van der Waals surface area contributed by atoms with Crippen molar-refractivity contribution in [2.24, 2.45) is 5.92 Å². The molecule has 0 spiro atoms. The monoisotopic (exact) mass is 373 g/mol. The van der Waals surface area contributed by atoms with Crippen LogP contribution in [0.2, 0.25) is 0 Å². The fraction of sp³-hybridized carbons (Fsp3) is 0.409. The molecule has 1 amide bonds. The summed E-state index contributed by atoms with van der Waals surface area (Å²) in [4.78, 5) is 12.8. The van der Waals surface area contributed by atoms with Crippen molar-refractivity contribution in [1.29, 1.82) is 0 Å². The molecule has 0 saturated carbocycles. The van der Waals surface area contributed by atoms with Gasteiger partial charge in [0, 0.05) is 12.6 Å². The largest absolute Gasteiger partial charge is 0.373 e.